The van der Waals surface area contributed by atoms with Gasteiger partial charge in [-0.25, -0.2) is 9.59 Å². The van der Waals surface area contributed by atoms with E-state index in [2.05, 4.69) is 17.4 Å². The van der Waals surface area contributed by atoms with Crippen LogP contribution in [0.5, 0.6) is 0 Å². The van der Waals surface area contributed by atoms with Crippen LogP contribution < -0.4 is 5.32 Å². The summed E-state index contributed by atoms with van der Waals surface area (Å²) in [5.74, 6) is -1.17. The van der Waals surface area contributed by atoms with Crippen molar-refractivity contribution < 1.29 is 24.2 Å². The van der Waals surface area contributed by atoms with Gasteiger partial charge in [-0.3, -0.25) is 0 Å². The number of rotatable bonds is 8. The molecule has 2 N–H and O–H groups in total. The van der Waals surface area contributed by atoms with Gasteiger partial charge in [0.1, 0.15) is 12.6 Å². The second-order valence-corrected chi connectivity index (χ2v) is 6.35. The summed E-state index contributed by atoms with van der Waals surface area (Å²) in [6, 6.07) is 15.0. The fraction of sp³-hybridized carbons (Fsp3) is 0.333. The zero-order valence-corrected chi connectivity index (χ0v) is 15.2. The molecular weight excluding hydrogens is 346 g/mol. The van der Waals surface area contributed by atoms with Crippen LogP contribution in [0.4, 0.5) is 4.79 Å². The number of hydrogen-bond donors (Lipinski definition) is 2. The number of alkyl carbamates (subject to hydrolysis) is 1. The van der Waals surface area contributed by atoms with Crippen LogP contribution in [0.2, 0.25) is 0 Å². The summed E-state index contributed by atoms with van der Waals surface area (Å²) in [4.78, 5) is 23.4. The van der Waals surface area contributed by atoms with Gasteiger partial charge in [0, 0.05) is 25.6 Å². The van der Waals surface area contributed by atoms with E-state index in [4.69, 9.17) is 9.47 Å². The molecule has 1 aliphatic rings. The van der Waals surface area contributed by atoms with Gasteiger partial charge < -0.3 is 19.9 Å². The Morgan fingerprint density at radius 3 is 2.22 bits per heavy atom. The van der Waals surface area contributed by atoms with Gasteiger partial charge in [-0.2, -0.15) is 0 Å². The Kier molecular flexibility index (Phi) is 6.08. The van der Waals surface area contributed by atoms with Gasteiger partial charge in [0.25, 0.3) is 0 Å². The minimum atomic E-state index is -1.11. The zero-order chi connectivity index (χ0) is 19.2. The minimum Gasteiger partial charge on any atom is -0.480 e. The largest absolute Gasteiger partial charge is 0.480 e. The van der Waals surface area contributed by atoms with E-state index in [1.807, 2.05) is 43.3 Å². The second kappa shape index (κ2) is 8.68. The summed E-state index contributed by atoms with van der Waals surface area (Å²) in [5.41, 5.74) is 4.50. The molecule has 0 unspecified atom stereocenters. The smallest absolute Gasteiger partial charge is 0.407 e. The Morgan fingerprint density at radius 2 is 1.67 bits per heavy atom. The van der Waals surface area contributed by atoms with Crippen molar-refractivity contribution in [2.75, 3.05) is 19.8 Å². The molecule has 0 aromatic heterocycles. The average Bonchev–Trinajstić information content (AvgIpc) is 2.99. The SMILES string of the molecule is CCOCC[C@@H](NC(=O)OCC1c2ccccc2-c2ccccc21)C(=O)O. The number of nitrogens with one attached hydrogen (secondary N) is 1. The predicted molar refractivity (Wildman–Crippen MR) is 101 cm³/mol. The quantitative estimate of drug-likeness (QED) is 0.697. The van der Waals surface area contributed by atoms with E-state index in [9.17, 15) is 14.7 Å². The second-order valence-electron chi connectivity index (χ2n) is 6.35. The molecule has 142 valence electrons. The first-order valence-corrected chi connectivity index (χ1v) is 9.04. The van der Waals surface area contributed by atoms with Gasteiger partial charge in [0.15, 0.2) is 0 Å². The molecule has 1 aliphatic carbocycles. The van der Waals surface area contributed by atoms with Crippen molar-refractivity contribution in [3.8, 4) is 11.1 Å². The van der Waals surface area contributed by atoms with Crippen molar-refractivity contribution >= 4 is 12.1 Å². The number of carboxylic acid groups (broad SMARTS) is 1. The van der Waals surface area contributed by atoms with E-state index < -0.39 is 18.1 Å². The van der Waals surface area contributed by atoms with Gasteiger partial charge in [-0.15, -0.1) is 0 Å². The van der Waals surface area contributed by atoms with Crippen LogP contribution in [0.25, 0.3) is 11.1 Å². The van der Waals surface area contributed by atoms with Crippen LogP contribution >= 0.6 is 0 Å². The molecular formula is C21H23NO5. The van der Waals surface area contributed by atoms with E-state index in [1.165, 1.54) is 0 Å². The van der Waals surface area contributed by atoms with E-state index in [-0.39, 0.29) is 25.6 Å². The maximum Gasteiger partial charge on any atom is 0.407 e. The van der Waals surface area contributed by atoms with Crippen LogP contribution in [-0.4, -0.2) is 43.0 Å². The highest BCUT2D eigenvalue weighted by Gasteiger charge is 2.29. The Morgan fingerprint density at radius 1 is 1.07 bits per heavy atom. The topological polar surface area (TPSA) is 84.9 Å². The van der Waals surface area contributed by atoms with Crippen LogP contribution in [0.15, 0.2) is 48.5 Å². The molecule has 0 aliphatic heterocycles. The molecule has 0 saturated heterocycles. The molecule has 2 aromatic rings. The molecule has 1 atom stereocenters. The van der Waals surface area contributed by atoms with Crippen LogP contribution in [0.1, 0.15) is 30.4 Å². The molecule has 6 nitrogen and oxygen atoms in total. The summed E-state index contributed by atoms with van der Waals surface area (Å²) in [7, 11) is 0. The van der Waals surface area contributed by atoms with Crippen molar-refractivity contribution in [2.24, 2.45) is 0 Å². The molecule has 0 saturated carbocycles. The third kappa shape index (κ3) is 4.28. The standard InChI is InChI=1S/C21H23NO5/c1-2-26-12-11-19(20(23)24)22-21(25)27-13-18-16-9-5-3-7-14(16)15-8-4-6-10-17(15)18/h3-10,18-19H,2,11-13H2,1H3,(H,22,25)(H,23,24)/t19-/m1/s1. The van der Waals surface area contributed by atoms with Gasteiger partial charge in [0.2, 0.25) is 0 Å². The number of aliphatic carboxylic acids is 1. The Labute approximate surface area is 158 Å². The van der Waals surface area contributed by atoms with Crippen LogP contribution in [-0.2, 0) is 14.3 Å². The third-order valence-electron chi connectivity index (χ3n) is 4.69. The summed E-state index contributed by atoms with van der Waals surface area (Å²) in [6.45, 7) is 2.74. The molecule has 0 radical (unpaired) electrons. The van der Waals surface area contributed by atoms with Gasteiger partial charge in [-0.1, -0.05) is 48.5 Å². The average molecular weight is 369 g/mol. The molecule has 0 bridgehead atoms. The summed E-state index contributed by atoms with van der Waals surface area (Å²) < 4.78 is 10.5. The summed E-state index contributed by atoms with van der Waals surface area (Å²) in [5, 5.41) is 11.6. The van der Waals surface area contributed by atoms with Crippen molar-refractivity contribution in [3.05, 3.63) is 59.7 Å². The number of benzene rings is 2. The molecule has 2 aromatic carbocycles. The van der Waals surface area contributed by atoms with Crippen LogP contribution in [0, 0.1) is 0 Å². The first-order valence-electron chi connectivity index (χ1n) is 9.04. The maximum atomic E-state index is 12.1. The van der Waals surface area contributed by atoms with Crippen molar-refractivity contribution in [1.29, 1.82) is 0 Å². The number of hydrogen-bond acceptors (Lipinski definition) is 4. The molecule has 6 heteroatoms. The lowest BCUT2D eigenvalue weighted by molar-refractivity contribution is -0.139. The van der Waals surface area contributed by atoms with E-state index in [1.54, 1.807) is 0 Å². The Balaban J connectivity index is 1.64. The van der Waals surface area contributed by atoms with Gasteiger partial charge in [0.05, 0.1) is 0 Å². The number of ether oxygens (including phenoxy) is 2. The molecule has 3 rings (SSSR count). The lowest BCUT2D eigenvalue weighted by Crippen LogP contribution is -2.42. The minimum absolute atomic E-state index is 0.0603. The predicted octanol–water partition coefficient (Wildman–Crippen LogP) is 3.40. The van der Waals surface area contributed by atoms with Gasteiger partial charge >= 0.3 is 12.1 Å². The molecule has 1 amide bonds. The molecule has 27 heavy (non-hydrogen) atoms. The monoisotopic (exact) mass is 369 g/mol. The molecule has 0 spiro atoms. The normalized spacial score (nSPS) is 13.5. The number of carboxylic acids is 1. The van der Waals surface area contributed by atoms with Crippen molar-refractivity contribution in [3.63, 3.8) is 0 Å². The zero-order valence-electron chi connectivity index (χ0n) is 15.2. The van der Waals surface area contributed by atoms with Gasteiger partial charge in [-0.05, 0) is 29.2 Å². The fourth-order valence-electron chi connectivity index (χ4n) is 3.39. The highest BCUT2D eigenvalue weighted by Crippen LogP contribution is 2.44. The number of carbonyl (C=O) groups is 2. The first kappa shape index (κ1) is 18.9. The number of carbonyl (C=O) groups excluding carboxylic acids is 1. The number of fused-ring (bicyclic) bond motifs is 3. The lowest BCUT2D eigenvalue weighted by Gasteiger charge is -2.17. The summed E-state index contributed by atoms with van der Waals surface area (Å²) in [6.07, 6.45) is -0.548. The van der Waals surface area contributed by atoms with E-state index in [0.717, 1.165) is 22.3 Å². The Hall–Kier alpha value is -2.86. The molecule has 0 heterocycles. The highest BCUT2D eigenvalue weighted by atomic mass is 16.5. The summed E-state index contributed by atoms with van der Waals surface area (Å²) >= 11 is 0. The lowest BCUT2D eigenvalue weighted by atomic mass is 9.98. The van der Waals surface area contributed by atoms with Crippen molar-refractivity contribution in [2.45, 2.75) is 25.3 Å². The Bertz CT molecular complexity index is 774. The van der Waals surface area contributed by atoms with E-state index >= 15 is 0 Å². The fourth-order valence-corrected chi connectivity index (χ4v) is 3.39. The third-order valence-corrected chi connectivity index (χ3v) is 4.69. The van der Waals surface area contributed by atoms with Crippen LogP contribution in [0.3, 0.4) is 0 Å². The van der Waals surface area contributed by atoms with Crippen molar-refractivity contribution in [1.82, 2.24) is 5.32 Å². The number of amides is 1. The molecule has 0 fully saturated rings. The maximum absolute atomic E-state index is 12.1. The highest BCUT2D eigenvalue weighted by molar-refractivity contribution is 5.81. The first-order chi connectivity index (χ1) is 13.1. The van der Waals surface area contributed by atoms with E-state index in [0.29, 0.717) is 6.61 Å².